The summed E-state index contributed by atoms with van der Waals surface area (Å²) in [6.07, 6.45) is -0.0156. The minimum absolute atomic E-state index is 0.0156. The number of esters is 1. The minimum atomic E-state index is -0.634. The number of carbonyl (C=O) groups is 3. The SMILES string of the molecule is CCOC(=O)c1c(NC(=O)C2CC(=O)N(c3ccccc3F)C2)sc(C)c1C. The Labute approximate surface area is 166 Å². The molecule has 0 spiro atoms. The molecule has 0 bridgehead atoms. The van der Waals surface area contributed by atoms with Crippen molar-refractivity contribution in [1.29, 1.82) is 0 Å². The van der Waals surface area contributed by atoms with Crippen LogP contribution in [0.25, 0.3) is 0 Å². The number of halogens is 1. The third-order valence-corrected chi connectivity index (χ3v) is 5.86. The summed E-state index contributed by atoms with van der Waals surface area (Å²) in [5, 5.41) is 3.18. The summed E-state index contributed by atoms with van der Waals surface area (Å²) < 4.78 is 19.1. The third kappa shape index (κ3) is 3.77. The zero-order valence-electron chi connectivity index (χ0n) is 15.9. The van der Waals surface area contributed by atoms with Crippen LogP contribution >= 0.6 is 11.3 Å². The van der Waals surface area contributed by atoms with Gasteiger partial charge in [-0.3, -0.25) is 9.59 Å². The zero-order chi connectivity index (χ0) is 20.4. The van der Waals surface area contributed by atoms with Crippen LogP contribution in [0.5, 0.6) is 0 Å². The van der Waals surface area contributed by atoms with E-state index in [1.54, 1.807) is 26.0 Å². The van der Waals surface area contributed by atoms with Gasteiger partial charge in [-0.15, -0.1) is 11.3 Å². The molecule has 3 rings (SSSR count). The van der Waals surface area contributed by atoms with Crippen LogP contribution in [0.1, 0.15) is 34.1 Å². The predicted octanol–water partition coefficient (Wildman–Crippen LogP) is 3.67. The number of para-hydroxylation sites is 1. The zero-order valence-corrected chi connectivity index (χ0v) is 16.7. The lowest BCUT2D eigenvalue weighted by Gasteiger charge is -2.17. The van der Waals surface area contributed by atoms with E-state index in [1.807, 2.05) is 6.92 Å². The molecule has 1 fully saturated rings. The maximum absolute atomic E-state index is 14.0. The van der Waals surface area contributed by atoms with E-state index in [0.717, 1.165) is 10.4 Å². The molecule has 2 aromatic rings. The van der Waals surface area contributed by atoms with Crippen LogP contribution in [0.4, 0.5) is 15.1 Å². The molecule has 1 aromatic heterocycles. The number of carbonyl (C=O) groups excluding carboxylic acids is 3. The van der Waals surface area contributed by atoms with Crippen LogP contribution in [-0.2, 0) is 14.3 Å². The second kappa shape index (κ2) is 8.10. The fourth-order valence-electron chi connectivity index (χ4n) is 3.16. The number of benzene rings is 1. The molecule has 148 valence electrons. The van der Waals surface area contributed by atoms with E-state index >= 15 is 0 Å². The molecule has 1 saturated heterocycles. The van der Waals surface area contributed by atoms with E-state index in [1.165, 1.54) is 28.4 Å². The van der Waals surface area contributed by atoms with Gasteiger partial charge in [-0.1, -0.05) is 12.1 Å². The first-order valence-electron chi connectivity index (χ1n) is 8.96. The molecule has 1 aromatic carbocycles. The highest BCUT2D eigenvalue weighted by molar-refractivity contribution is 7.16. The van der Waals surface area contributed by atoms with Crippen molar-refractivity contribution in [2.75, 3.05) is 23.4 Å². The summed E-state index contributed by atoms with van der Waals surface area (Å²) in [4.78, 5) is 39.5. The van der Waals surface area contributed by atoms with Gasteiger partial charge in [-0.2, -0.15) is 0 Å². The summed E-state index contributed by atoms with van der Waals surface area (Å²) >= 11 is 1.29. The van der Waals surface area contributed by atoms with Gasteiger partial charge >= 0.3 is 5.97 Å². The molecule has 0 radical (unpaired) electrons. The number of rotatable bonds is 5. The first kappa shape index (κ1) is 20.0. The van der Waals surface area contributed by atoms with E-state index in [-0.39, 0.29) is 37.1 Å². The molecule has 0 saturated carbocycles. The lowest BCUT2D eigenvalue weighted by Crippen LogP contribution is -2.28. The third-order valence-electron chi connectivity index (χ3n) is 4.74. The lowest BCUT2D eigenvalue weighted by atomic mass is 10.1. The van der Waals surface area contributed by atoms with Gasteiger partial charge in [0.1, 0.15) is 10.8 Å². The van der Waals surface area contributed by atoms with Crippen LogP contribution in [0.2, 0.25) is 0 Å². The Morgan fingerprint density at radius 1 is 1.32 bits per heavy atom. The molecule has 1 unspecified atom stereocenters. The number of nitrogens with zero attached hydrogens (tertiary/aromatic N) is 1. The monoisotopic (exact) mass is 404 g/mol. The van der Waals surface area contributed by atoms with Crippen molar-refractivity contribution in [1.82, 2.24) is 0 Å². The summed E-state index contributed by atoms with van der Waals surface area (Å²) in [5.74, 6) is -2.32. The summed E-state index contributed by atoms with van der Waals surface area (Å²) in [6.45, 7) is 5.69. The van der Waals surface area contributed by atoms with Crippen molar-refractivity contribution in [3.8, 4) is 0 Å². The maximum atomic E-state index is 14.0. The Morgan fingerprint density at radius 2 is 2.04 bits per heavy atom. The van der Waals surface area contributed by atoms with Gasteiger partial charge in [-0.25, -0.2) is 9.18 Å². The first-order valence-corrected chi connectivity index (χ1v) is 9.78. The number of hydrogen-bond acceptors (Lipinski definition) is 5. The fourth-order valence-corrected chi connectivity index (χ4v) is 4.22. The quantitative estimate of drug-likeness (QED) is 0.772. The number of aryl methyl sites for hydroxylation is 1. The average molecular weight is 404 g/mol. The van der Waals surface area contributed by atoms with E-state index in [2.05, 4.69) is 5.32 Å². The Morgan fingerprint density at radius 3 is 2.71 bits per heavy atom. The largest absolute Gasteiger partial charge is 0.462 e. The summed E-state index contributed by atoms with van der Waals surface area (Å²) in [6, 6.07) is 5.97. The number of ether oxygens (including phenoxy) is 1. The molecule has 1 aliphatic heterocycles. The van der Waals surface area contributed by atoms with Crippen LogP contribution in [0, 0.1) is 25.6 Å². The molecular formula is C20H21FN2O4S. The molecule has 6 nitrogen and oxygen atoms in total. The van der Waals surface area contributed by atoms with Crippen LogP contribution in [0.15, 0.2) is 24.3 Å². The molecule has 0 aliphatic carbocycles. The van der Waals surface area contributed by atoms with Crippen molar-refractivity contribution < 1.29 is 23.5 Å². The van der Waals surface area contributed by atoms with Crippen LogP contribution < -0.4 is 10.2 Å². The Bertz CT molecular complexity index is 940. The summed E-state index contributed by atoms with van der Waals surface area (Å²) in [5.41, 5.74) is 1.26. The van der Waals surface area contributed by atoms with E-state index in [9.17, 15) is 18.8 Å². The van der Waals surface area contributed by atoms with Gasteiger partial charge in [0.15, 0.2) is 0 Å². The molecule has 1 aliphatic rings. The Hall–Kier alpha value is -2.74. The molecule has 1 atom stereocenters. The van der Waals surface area contributed by atoms with Gasteiger partial charge in [0, 0.05) is 17.8 Å². The first-order chi connectivity index (χ1) is 13.3. The number of hydrogen-bond donors (Lipinski definition) is 1. The van der Waals surface area contributed by atoms with Gasteiger partial charge in [0.05, 0.1) is 23.8 Å². The molecule has 2 heterocycles. The highest BCUT2D eigenvalue weighted by Gasteiger charge is 2.37. The minimum Gasteiger partial charge on any atom is -0.462 e. The van der Waals surface area contributed by atoms with Gasteiger partial charge in [0.25, 0.3) is 0 Å². The second-order valence-corrected chi connectivity index (χ2v) is 7.78. The summed E-state index contributed by atoms with van der Waals surface area (Å²) in [7, 11) is 0. The lowest BCUT2D eigenvalue weighted by molar-refractivity contribution is -0.122. The standard InChI is InChI=1S/C20H21FN2O4S/c1-4-27-20(26)17-11(2)12(3)28-19(17)22-18(25)13-9-16(24)23(10-13)15-8-6-5-7-14(15)21/h5-8,13H,4,9-10H2,1-3H3,(H,22,25). The van der Waals surface area contributed by atoms with Gasteiger partial charge in [-0.05, 0) is 38.5 Å². The topological polar surface area (TPSA) is 75.7 Å². The molecule has 1 N–H and O–H groups in total. The molecular weight excluding hydrogens is 383 g/mol. The Balaban J connectivity index is 1.78. The average Bonchev–Trinajstić information content (AvgIpc) is 3.16. The van der Waals surface area contributed by atoms with E-state index < -0.39 is 17.7 Å². The number of nitrogens with one attached hydrogen (secondary N) is 1. The normalized spacial score (nSPS) is 16.4. The van der Waals surface area contributed by atoms with E-state index in [4.69, 9.17) is 4.74 Å². The van der Waals surface area contributed by atoms with Crippen LogP contribution in [0.3, 0.4) is 0 Å². The van der Waals surface area contributed by atoms with Crippen LogP contribution in [-0.4, -0.2) is 30.9 Å². The van der Waals surface area contributed by atoms with Crippen molar-refractivity contribution in [2.24, 2.45) is 5.92 Å². The van der Waals surface area contributed by atoms with Crippen molar-refractivity contribution in [3.05, 3.63) is 46.1 Å². The van der Waals surface area contributed by atoms with Gasteiger partial charge < -0.3 is 15.0 Å². The highest BCUT2D eigenvalue weighted by Crippen LogP contribution is 2.34. The predicted molar refractivity (Wildman–Crippen MR) is 105 cm³/mol. The van der Waals surface area contributed by atoms with Gasteiger partial charge in [0.2, 0.25) is 11.8 Å². The number of anilines is 2. The molecule has 2 amide bonds. The second-order valence-electron chi connectivity index (χ2n) is 6.55. The van der Waals surface area contributed by atoms with E-state index in [0.29, 0.717) is 10.6 Å². The van der Waals surface area contributed by atoms with Crippen molar-refractivity contribution >= 4 is 39.8 Å². The Kier molecular flexibility index (Phi) is 5.79. The maximum Gasteiger partial charge on any atom is 0.341 e. The molecule has 28 heavy (non-hydrogen) atoms. The number of amides is 2. The smallest absolute Gasteiger partial charge is 0.341 e. The molecule has 8 heteroatoms. The highest BCUT2D eigenvalue weighted by atomic mass is 32.1. The van der Waals surface area contributed by atoms with Crippen molar-refractivity contribution in [2.45, 2.75) is 27.2 Å². The fraction of sp³-hybridized carbons (Fsp3) is 0.350. The number of thiophene rings is 1. The van der Waals surface area contributed by atoms with Crippen molar-refractivity contribution in [3.63, 3.8) is 0 Å².